The summed E-state index contributed by atoms with van der Waals surface area (Å²) >= 11 is 4.91. The van der Waals surface area contributed by atoms with Gasteiger partial charge in [0.2, 0.25) is 0 Å². The number of halogens is 1. The first-order valence-electron chi connectivity index (χ1n) is 14.6. The fourth-order valence-corrected chi connectivity index (χ4v) is 7.17. The van der Waals surface area contributed by atoms with Gasteiger partial charge >= 0.3 is 5.97 Å². The van der Waals surface area contributed by atoms with Crippen LogP contribution in [0, 0.1) is 0 Å². The summed E-state index contributed by atoms with van der Waals surface area (Å²) in [5, 5.41) is 1.05. The molecule has 1 atom stereocenters. The number of rotatable bonds is 9. The van der Waals surface area contributed by atoms with Crippen molar-refractivity contribution >= 4 is 50.2 Å². The van der Waals surface area contributed by atoms with Crippen molar-refractivity contribution in [1.82, 2.24) is 9.13 Å². The predicted octanol–water partition coefficient (Wildman–Crippen LogP) is 6.35. The Morgan fingerprint density at radius 3 is 2.59 bits per heavy atom. The lowest BCUT2D eigenvalue weighted by molar-refractivity contribution is -0.139. The Kier molecular flexibility index (Phi) is 8.68. The van der Waals surface area contributed by atoms with Crippen LogP contribution in [0.4, 0.5) is 0 Å². The second kappa shape index (κ2) is 12.8. The van der Waals surface area contributed by atoms with Crippen molar-refractivity contribution in [3.8, 4) is 5.75 Å². The zero-order valence-corrected chi connectivity index (χ0v) is 27.2. The highest BCUT2D eigenvalue weighted by Gasteiger charge is 2.36. The lowest BCUT2D eigenvalue weighted by atomic mass is 9.93. The van der Waals surface area contributed by atoms with E-state index in [0.717, 1.165) is 27.4 Å². The predicted molar refractivity (Wildman–Crippen MR) is 178 cm³/mol. The van der Waals surface area contributed by atoms with Crippen molar-refractivity contribution in [2.45, 2.75) is 39.3 Å². The van der Waals surface area contributed by atoms with E-state index in [4.69, 9.17) is 14.5 Å². The van der Waals surface area contributed by atoms with E-state index < -0.39 is 12.0 Å². The molecule has 0 saturated carbocycles. The molecule has 3 aromatic carbocycles. The summed E-state index contributed by atoms with van der Waals surface area (Å²) in [6, 6.07) is 23.4. The molecule has 3 heterocycles. The summed E-state index contributed by atoms with van der Waals surface area (Å²) < 4.78 is 16.5. The molecule has 0 bridgehead atoms. The van der Waals surface area contributed by atoms with Crippen LogP contribution in [0.3, 0.4) is 0 Å². The van der Waals surface area contributed by atoms with Crippen LogP contribution in [0.2, 0.25) is 0 Å². The van der Waals surface area contributed by atoms with Crippen LogP contribution in [0.5, 0.6) is 5.75 Å². The summed E-state index contributed by atoms with van der Waals surface area (Å²) in [6.07, 6.45) is 5.38. The van der Waals surface area contributed by atoms with E-state index in [1.165, 1.54) is 16.9 Å². The van der Waals surface area contributed by atoms with Gasteiger partial charge in [-0.15, -0.1) is 0 Å². The Bertz CT molecular complexity index is 2070. The molecule has 0 saturated heterocycles. The highest BCUT2D eigenvalue weighted by Crippen LogP contribution is 2.38. The Morgan fingerprint density at radius 1 is 1.07 bits per heavy atom. The lowest BCUT2D eigenvalue weighted by Gasteiger charge is -2.27. The third-order valence-electron chi connectivity index (χ3n) is 7.68. The molecule has 0 aliphatic carbocycles. The number of ether oxygens (including phenoxy) is 2. The van der Waals surface area contributed by atoms with Crippen LogP contribution in [0.1, 0.15) is 49.4 Å². The van der Waals surface area contributed by atoms with Gasteiger partial charge in [0.1, 0.15) is 11.8 Å². The molecule has 0 spiro atoms. The molecule has 7 nitrogen and oxygen atoms in total. The third-order valence-corrected chi connectivity index (χ3v) is 9.16. The normalized spacial score (nSPS) is 14.9. The van der Waals surface area contributed by atoms with Gasteiger partial charge in [0.15, 0.2) is 4.80 Å². The van der Waals surface area contributed by atoms with E-state index in [9.17, 15) is 9.59 Å². The van der Waals surface area contributed by atoms with E-state index >= 15 is 0 Å². The summed E-state index contributed by atoms with van der Waals surface area (Å²) in [7, 11) is 1.59. The largest absolute Gasteiger partial charge is 0.496 e. The van der Waals surface area contributed by atoms with Crippen LogP contribution < -0.4 is 19.6 Å². The van der Waals surface area contributed by atoms with Crippen molar-refractivity contribution in [1.29, 1.82) is 0 Å². The lowest BCUT2D eigenvalue weighted by Crippen LogP contribution is -2.40. The Hall–Kier alpha value is -4.21. The number of esters is 1. The second-order valence-electron chi connectivity index (χ2n) is 10.5. The van der Waals surface area contributed by atoms with Gasteiger partial charge in [0.25, 0.3) is 5.56 Å². The van der Waals surface area contributed by atoms with Gasteiger partial charge in [-0.3, -0.25) is 9.36 Å². The zero-order chi connectivity index (χ0) is 30.8. The molecule has 2 aromatic heterocycles. The van der Waals surface area contributed by atoms with Gasteiger partial charge in [0.05, 0.1) is 29.5 Å². The summed E-state index contributed by atoms with van der Waals surface area (Å²) in [5.74, 6) is 0.0845. The molecular formula is C35H32BrN3O4S. The number of aromatic nitrogens is 2. The SMILES string of the molecule is CCCC1=C(C(=O)OCC)[C@H](c2cc(Br)ccc2OC)n2c(s/c(=C/c3cn(Cc4ccccc4)c4ccccc34)c2=O)=N1. The Balaban J connectivity index is 1.58. The van der Waals surface area contributed by atoms with Crippen LogP contribution in [0.25, 0.3) is 17.0 Å². The molecule has 0 fully saturated rings. The van der Waals surface area contributed by atoms with E-state index in [1.807, 2.05) is 61.5 Å². The highest BCUT2D eigenvalue weighted by atomic mass is 79.9. The number of hydrogen-bond donors (Lipinski definition) is 0. The van der Waals surface area contributed by atoms with Crippen LogP contribution in [-0.4, -0.2) is 28.8 Å². The number of para-hydroxylation sites is 1. The topological polar surface area (TPSA) is 74.8 Å². The number of allylic oxidation sites excluding steroid dienone is 1. The fraction of sp³-hybridized carbons (Fsp3) is 0.229. The first kappa shape index (κ1) is 29.8. The molecule has 5 aromatic rings. The van der Waals surface area contributed by atoms with Gasteiger partial charge in [-0.1, -0.05) is 89.1 Å². The van der Waals surface area contributed by atoms with Gasteiger partial charge in [-0.2, -0.15) is 0 Å². The number of thiazole rings is 1. The van der Waals surface area contributed by atoms with Gasteiger partial charge < -0.3 is 14.0 Å². The maximum atomic E-state index is 14.4. The molecule has 1 aliphatic heterocycles. The third kappa shape index (κ3) is 5.57. The van der Waals surface area contributed by atoms with E-state index in [2.05, 4.69) is 51.0 Å². The number of fused-ring (bicyclic) bond motifs is 2. The monoisotopic (exact) mass is 669 g/mol. The van der Waals surface area contributed by atoms with Crippen LogP contribution in [-0.2, 0) is 16.1 Å². The minimum absolute atomic E-state index is 0.210. The first-order chi connectivity index (χ1) is 21.4. The van der Waals surface area contributed by atoms with E-state index in [1.54, 1.807) is 18.6 Å². The summed E-state index contributed by atoms with van der Waals surface area (Å²) in [5.41, 5.74) is 4.67. The maximum absolute atomic E-state index is 14.4. The molecule has 0 amide bonds. The Morgan fingerprint density at radius 2 is 1.84 bits per heavy atom. The first-order valence-corrected chi connectivity index (χ1v) is 16.2. The van der Waals surface area contributed by atoms with Crippen molar-refractivity contribution in [3.63, 3.8) is 0 Å². The average Bonchev–Trinajstić information content (AvgIpc) is 3.53. The number of hydrogen-bond acceptors (Lipinski definition) is 6. The quantitative estimate of drug-likeness (QED) is 0.171. The summed E-state index contributed by atoms with van der Waals surface area (Å²) in [6.45, 7) is 4.74. The highest BCUT2D eigenvalue weighted by molar-refractivity contribution is 9.10. The maximum Gasteiger partial charge on any atom is 0.338 e. The van der Waals surface area contributed by atoms with Crippen LogP contribution in [0.15, 0.2) is 105 Å². The van der Waals surface area contributed by atoms with Crippen molar-refractivity contribution < 1.29 is 14.3 Å². The molecule has 1 aliphatic rings. The minimum Gasteiger partial charge on any atom is -0.496 e. The number of benzene rings is 3. The van der Waals surface area contributed by atoms with Gasteiger partial charge in [0, 0.05) is 39.2 Å². The minimum atomic E-state index is -0.763. The summed E-state index contributed by atoms with van der Waals surface area (Å²) in [4.78, 5) is 33.4. The Labute approximate surface area is 267 Å². The molecule has 9 heteroatoms. The molecule has 0 unspecified atom stereocenters. The fourth-order valence-electron chi connectivity index (χ4n) is 5.78. The number of carbonyl (C=O) groups is 1. The van der Waals surface area contributed by atoms with Crippen molar-refractivity contribution in [3.05, 3.63) is 131 Å². The zero-order valence-electron chi connectivity index (χ0n) is 24.7. The van der Waals surface area contributed by atoms with Crippen molar-refractivity contribution in [2.75, 3.05) is 13.7 Å². The molecule has 6 rings (SSSR count). The second-order valence-corrected chi connectivity index (χ2v) is 12.4. The number of methoxy groups -OCH3 is 1. The van der Waals surface area contributed by atoms with Gasteiger partial charge in [-0.25, -0.2) is 9.79 Å². The van der Waals surface area contributed by atoms with E-state index in [0.29, 0.717) is 44.9 Å². The van der Waals surface area contributed by atoms with Crippen molar-refractivity contribution in [2.24, 2.45) is 4.99 Å². The molecule has 0 N–H and O–H groups in total. The van der Waals surface area contributed by atoms with Gasteiger partial charge in [-0.05, 0) is 49.2 Å². The smallest absolute Gasteiger partial charge is 0.338 e. The number of carbonyl (C=O) groups excluding carboxylic acids is 1. The van der Waals surface area contributed by atoms with E-state index in [-0.39, 0.29) is 12.2 Å². The average molecular weight is 671 g/mol. The molecule has 224 valence electrons. The molecular weight excluding hydrogens is 638 g/mol. The number of nitrogens with zero attached hydrogens (tertiary/aromatic N) is 3. The molecule has 44 heavy (non-hydrogen) atoms. The molecule has 0 radical (unpaired) electrons. The standard InChI is InChI=1S/C35H32BrN3O4S/c1-4-11-27-31(34(41)43-5-2)32(26-19-24(36)16-17-29(26)42-3)39-33(40)30(44-35(39)37-27)18-23-21-38(20-22-12-7-6-8-13-22)28-15-10-9-14-25(23)28/h6-10,12-19,21,32H,4-5,11,20H2,1-3H3/b30-18+/t32-/m0/s1. The van der Waals surface area contributed by atoms with Crippen LogP contribution >= 0.6 is 27.3 Å².